The van der Waals surface area contributed by atoms with Crippen molar-refractivity contribution in [3.8, 4) is 0 Å². The Hall–Kier alpha value is -0.130. The van der Waals surface area contributed by atoms with E-state index in [9.17, 15) is 8.42 Å². The molecule has 72 valence electrons. The van der Waals surface area contributed by atoms with Crippen LogP contribution in [0.15, 0.2) is 0 Å². The topological polar surface area (TPSA) is 57.6 Å². The van der Waals surface area contributed by atoms with Crippen LogP contribution in [0.4, 0.5) is 0 Å². The summed E-state index contributed by atoms with van der Waals surface area (Å²) in [6.45, 7) is 4.03. The molecule has 0 aromatic rings. The van der Waals surface area contributed by atoms with Crippen molar-refractivity contribution >= 4 is 10.0 Å². The second-order valence-corrected chi connectivity index (χ2v) is 5.88. The maximum Gasteiger partial charge on any atom is 0.216 e. The summed E-state index contributed by atoms with van der Waals surface area (Å²) in [5.74, 6) is 0. The predicted octanol–water partition coefficient (Wildman–Crippen LogP) is -0.209. The van der Waals surface area contributed by atoms with Gasteiger partial charge in [-0.2, -0.15) is 4.31 Å². The van der Waals surface area contributed by atoms with Crippen LogP contribution >= 0.6 is 0 Å². The molecule has 1 fully saturated rings. The number of aliphatic hydroxyl groups excluding tert-OH is 1. The Morgan fingerprint density at radius 2 is 2.08 bits per heavy atom. The van der Waals surface area contributed by atoms with Crippen LogP contribution in [0, 0.1) is 0 Å². The fourth-order valence-corrected chi connectivity index (χ4v) is 2.58. The summed E-state index contributed by atoms with van der Waals surface area (Å²) in [4.78, 5) is 0. The Morgan fingerprint density at radius 1 is 1.50 bits per heavy atom. The van der Waals surface area contributed by atoms with Gasteiger partial charge in [-0.15, -0.1) is 0 Å². The van der Waals surface area contributed by atoms with Crippen molar-refractivity contribution in [1.29, 1.82) is 0 Å². The molecular weight excluding hydrogens is 178 g/mol. The lowest BCUT2D eigenvalue weighted by molar-refractivity contribution is 0.189. The van der Waals surface area contributed by atoms with Gasteiger partial charge in [0.2, 0.25) is 10.0 Å². The third-order valence-electron chi connectivity index (χ3n) is 2.08. The maximum absolute atomic E-state index is 11.5. The van der Waals surface area contributed by atoms with Crippen LogP contribution in [0.3, 0.4) is 0 Å². The van der Waals surface area contributed by atoms with Crippen molar-refractivity contribution in [3.63, 3.8) is 0 Å². The van der Waals surface area contributed by atoms with Crippen LogP contribution in [-0.2, 0) is 10.0 Å². The summed E-state index contributed by atoms with van der Waals surface area (Å²) in [7, 11) is -3.14. The number of aliphatic hydroxyl groups is 1. The average molecular weight is 193 g/mol. The molecule has 1 N–H and O–H groups in total. The van der Waals surface area contributed by atoms with E-state index in [-0.39, 0.29) is 11.8 Å². The van der Waals surface area contributed by atoms with Gasteiger partial charge in [-0.05, 0) is 20.3 Å². The third kappa shape index (κ3) is 1.78. The van der Waals surface area contributed by atoms with E-state index in [1.54, 1.807) is 13.8 Å². The van der Waals surface area contributed by atoms with Crippen LogP contribution in [0.1, 0.15) is 20.3 Å². The van der Waals surface area contributed by atoms with Gasteiger partial charge in [0.1, 0.15) is 0 Å². The van der Waals surface area contributed by atoms with Gasteiger partial charge in [0.15, 0.2) is 0 Å². The first-order valence-electron chi connectivity index (χ1n) is 4.11. The highest BCUT2D eigenvalue weighted by atomic mass is 32.2. The predicted molar refractivity (Wildman–Crippen MR) is 46.3 cm³/mol. The lowest BCUT2D eigenvalue weighted by Crippen LogP contribution is -2.35. The molecular formula is C7H15NO3S. The van der Waals surface area contributed by atoms with Gasteiger partial charge in [0.05, 0.1) is 11.4 Å². The van der Waals surface area contributed by atoms with Gasteiger partial charge in [0.25, 0.3) is 0 Å². The quantitative estimate of drug-likeness (QED) is 0.660. The fraction of sp³-hybridized carbons (Fsp3) is 1.00. The number of hydrogen-bond acceptors (Lipinski definition) is 3. The number of rotatable bonds is 2. The van der Waals surface area contributed by atoms with Crippen LogP contribution in [0.2, 0.25) is 0 Å². The SMILES string of the molecule is CC(C)S(=O)(=O)N1CC[C@@H](O)C1. The smallest absolute Gasteiger partial charge is 0.216 e. The molecule has 0 amide bonds. The molecule has 1 rings (SSSR count). The van der Waals surface area contributed by atoms with Gasteiger partial charge in [-0.3, -0.25) is 0 Å². The number of hydrogen-bond donors (Lipinski definition) is 1. The molecule has 0 aromatic heterocycles. The highest BCUT2D eigenvalue weighted by molar-refractivity contribution is 7.89. The first-order chi connectivity index (χ1) is 5.44. The zero-order chi connectivity index (χ0) is 9.35. The molecule has 4 nitrogen and oxygen atoms in total. The second kappa shape index (κ2) is 3.32. The van der Waals surface area contributed by atoms with Gasteiger partial charge in [0, 0.05) is 13.1 Å². The standard InChI is InChI=1S/C7H15NO3S/c1-6(2)12(10,11)8-4-3-7(9)5-8/h6-7,9H,3-5H2,1-2H3/t7-/m1/s1. The Kier molecular flexibility index (Phi) is 2.75. The monoisotopic (exact) mass is 193 g/mol. The first-order valence-corrected chi connectivity index (χ1v) is 5.62. The molecule has 1 heterocycles. The number of β-amino-alcohol motifs (C(OH)–C–C–N with tert-alkyl or cyclic N) is 1. The normalized spacial score (nSPS) is 26.8. The van der Waals surface area contributed by atoms with Crippen molar-refractivity contribution < 1.29 is 13.5 Å². The van der Waals surface area contributed by atoms with E-state index in [0.29, 0.717) is 13.0 Å². The summed E-state index contributed by atoms with van der Waals surface area (Å²) in [5, 5.41) is 8.75. The molecule has 1 aliphatic rings. The molecule has 0 radical (unpaired) electrons. The zero-order valence-electron chi connectivity index (χ0n) is 7.40. The van der Waals surface area contributed by atoms with Gasteiger partial charge in [-0.1, -0.05) is 0 Å². The molecule has 5 heteroatoms. The first kappa shape index (κ1) is 9.95. The third-order valence-corrected chi connectivity index (χ3v) is 4.32. The van der Waals surface area contributed by atoms with Gasteiger partial charge < -0.3 is 5.11 Å². The summed E-state index contributed by atoms with van der Waals surface area (Å²) < 4.78 is 24.3. The van der Waals surface area contributed by atoms with Crippen molar-refractivity contribution in [3.05, 3.63) is 0 Å². The van der Waals surface area contributed by atoms with E-state index in [1.165, 1.54) is 4.31 Å². The molecule has 0 unspecified atom stereocenters. The zero-order valence-corrected chi connectivity index (χ0v) is 8.21. The van der Waals surface area contributed by atoms with Crippen molar-refractivity contribution in [2.75, 3.05) is 13.1 Å². The van der Waals surface area contributed by atoms with E-state index in [0.717, 1.165) is 0 Å². The Balaban J connectivity index is 2.71. The summed E-state index contributed by atoms with van der Waals surface area (Å²) in [6, 6.07) is 0. The van der Waals surface area contributed by atoms with Crippen molar-refractivity contribution in [2.45, 2.75) is 31.6 Å². The van der Waals surface area contributed by atoms with Crippen LogP contribution in [0.25, 0.3) is 0 Å². The summed E-state index contributed by atoms with van der Waals surface area (Å²) >= 11 is 0. The molecule has 0 bridgehead atoms. The lowest BCUT2D eigenvalue weighted by atomic mass is 10.3. The molecule has 1 aliphatic heterocycles. The van der Waals surface area contributed by atoms with Crippen LogP contribution in [0.5, 0.6) is 0 Å². The van der Waals surface area contributed by atoms with E-state index in [4.69, 9.17) is 5.11 Å². The molecule has 12 heavy (non-hydrogen) atoms. The minimum absolute atomic E-state index is 0.264. The molecule has 1 saturated heterocycles. The molecule has 1 atom stereocenters. The second-order valence-electron chi connectivity index (χ2n) is 3.39. The van der Waals surface area contributed by atoms with Crippen LogP contribution in [-0.4, -0.2) is 42.3 Å². The molecule has 0 aromatic carbocycles. The molecule has 0 aliphatic carbocycles. The Labute approximate surface area is 73.2 Å². The van der Waals surface area contributed by atoms with Gasteiger partial charge in [-0.25, -0.2) is 8.42 Å². The molecule has 0 spiro atoms. The largest absolute Gasteiger partial charge is 0.392 e. The van der Waals surface area contributed by atoms with Crippen molar-refractivity contribution in [1.82, 2.24) is 4.31 Å². The average Bonchev–Trinajstić information content (AvgIpc) is 2.35. The number of nitrogens with zero attached hydrogens (tertiary/aromatic N) is 1. The van der Waals surface area contributed by atoms with E-state index in [1.807, 2.05) is 0 Å². The fourth-order valence-electron chi connectivity index (χ4n) is 1.24. The van der Waals surface area contributed by atoms with Crippen LogP contribution < -0.4 is 0 Å². The maximum atomic E-state index is 11.5. The Bertz CT molecular complexity index is 247. The lowest BCUT2D eigenvalue weighted by Gasteiger charge is -2.17. The van der Waals surface area contributed by atoms with E-state index in [2.05, 4.69) is 0 Å². The highest BCUT2D eigenvalue weighted by Crippen LogP contribution is 2.16. The summed E-state index contributed by atoms with van der Waals surface area (Å²) in [6.07, 6.45) is 0.0879. The molecule has 0 saturated carbocycles. The van der Waals surface area contributed by atoms with E-state index >= 15 is 0 Å². The minimum Gasteiger partial charge on any atom is -0.392 e. The van der Waals surface area contributed by atoms with Gasteiger partial charge >= 0.3 is 0 Å². The number of sulfonamides is 1. The minimum atomic E-state index is -3.14. The highest BCUT2D eigenvalue weighted by Gasteiger charge is 2.31. The Morgan fingerprint density at radius 3 is 2.42 bits per heavy atom. The summed E-state index contributed by atoms with van der Waals surface area (Å²) in [5.41, 5.74) is 0. The van der Waals surface area contributed by atoms with E-state index < -0.39 is 16.1 Å². The van der Waals surface area contributed by atoms with Crippen molar-refractivity contribution in [2.24, 2.45) is 0 Å².